The van der Waals surface area contributed by atoms with Gasteiger partial charge in [0.2, 0.25) is 0 Å². The highest BCUT2D eigenvalue weighted by molar-refractivity contribution is 8.00. The lowest BCUT2D eigenvalue weighted by molar-refractivity contribution is 0.101. The molecule has 2 N–H and O–H groups in total. The number of fused-ring (bicyclic) bond motifs is 1. The van der Waals surface area contributed by atoms with Crippen LogP contribution < -0.4 is 0 Å². The van der Waals surface area contributed by atoms with Crippen LogP contribution in [0.3, 0.4) is 0 Å². The molecular formula is C11H12O3S. The number of ketones is 1. The van der Waals surface area contributed by atoms with Gasteiger partial charge >= 0.3 is 0 Å². The largest absolute Gasteiger partial charge is 0.507 e. The molecule has 0 fully saturated rings. The van der Waals surface area contributed by atoms with Crippen molar-refractivity contribution >= 4 is 17.5 Å². The lowest BCUT2D eigenvalue weighted by atomic mass is 10.0. The smallest absolute Gasteiger partial charge is 0.163 e. The number of aliphatic hydroxyl groups is 1. The zero-order valence-corrected chi connectivity index (χ0v) is 9.39. The standard InChI is InChI=1S/C11H12O3S/c1-6(12)7-3-4-9-8(10(7)13)5-11(2,14)15-9/h3-4,13-14H,5H2,1-2H3. The Morgan fingerprint density at radius 3 is 2.80 bits per heavy atom. The van der Waals surface area contributed by atoms with Gasteiger partial charge in [-0.15, -0.1) is 0 Å². The average molecular weight is 224 g/mol. The molecule has 0 saturated heterocycles. The highest BCUT2D eigenvalue weighted by Gasteiger charge is 2.34. The fourth-order valence-electron chi connectivity index (χ4n) is 1.77. The zero-order valence-electron chi connectivity index (χ0n) is 8.57. The Balaban J connectivity index is 2.53. The molecular weight excluding hydrogens is 212 g/mol. The van der Waals surface area contributed by atoms with E-state index in [1.54, 1.807) is 19.1 Å². The number of carbonyl (C=O) groups is 1. The number of Topliss-reactive ketones (excluding diaryl/α,β-unsaturated/α-hetero) is 1. The van der Waals surface area contributed by atoms with Crippen LogP contribution in [0.2, 0.25) is 0 Å². The van der Waals surface area contributed by atoms with E-state index in [4.69, 9.17) is 0 Å². The van der Waals surface area contributed by atoms with Gasteiger partial charge in [0.25, 0.3) is 0 Å². The maximum absolute atomic E-state index is 11.2. The number of hydrogen-bond donors (Lipinski definition) is 2. The number of phenols is 1. The molecule has 1 aromatic rings. The van der Waals surface area contributed by atoms with Crippen LogP contribution >= 0.6 is 11.8 Å². The summed E-state index contributed by atoms with van der Waals surface area (Å²) in [6, 6.07) is 3.38. The van der Waals surface area contributed by atoms with E-state index in [0.717, 1.165) is 4.90 Å². The number of carbonyl (C=O) groups excluding carboxylic acids is 1. The molecule has 0 amide bonds. The first kappa shape index (κ1) is 10.5. The van der Waals surface area contributed by atoms with E-state index in [1.165, 1.54) is 18.7 Å². The maximum Gasteiger partial charge on any atom is 0.163 e. The fraction of sp³-hybridized carbons (Fsp3) is 0.364. The van der Waals surface area contributed by atoms with Crippen LogP contribution in [0.1, 0.15) is 29.8 Å². The molecule has 15 heavy (non-hydrogen) atoms. The zero-order chi connectivity index (χ0) is 11.2. The third-order valence-electron chi connectivity index (χ3n) is 2.45. The molecule has 80 valence electrons. The summed E-state index contributed by atoms with van der Waals surface area (Å²) in [4.78, 5) is 11.2. The van der Waals surface area contributed by atoms with Crippen molar-refractivity contribution in [3.8, 4) is 5.75 Å². The van der Waals surface area contributed by atoms with E-state index in [9.17, 15) is 15.0 Å². The van der Waals surface area contributed by atoms with Gasteiger partial charge in [-0.3, -0.25) is 4.79 Å². The van der Waals surface area contributed by atoms with E-state index in [2.05, 4.69) is 0 Å². The topological polar surface area (TPSA) is 57.5 Å². The second kappa shape index (κ2) is 3.25. The van der Waals surface area contributed by atoms with Crippen LogP contribution in [0.15, 0.2) is 17.0 Å². The highest BCUT2D eigenvalue weighted by atomic mass is 32.2. The second-order valence-corrected chi connectivity index (χ2v) is 5.47. The summed E-state index contributed by atoms with van der Waals surface area (Å²) in [7, 11) is 0. The summed E-state index contributed by atoms with van der Waals surface area (Å²) in [6.07, 6.45) is 0.375. The van der Waals surface area contributed by atoms with Crippen LogP contribution in [0, 0.1) is 0 Å². The molecule has 4 heteroatoms. The first-order valence-corrected chi connectivity index (χ1v) is 5.49. The fourth-order valence-corrected chi connectivity index (χ4v) is 2.89. The summed E-state index contributed by atoms with van der Waals surface area (Å²) in [5.74, 6) is -0.142. The minimum Gasteiger partial charge on any atom is -0.507 e. The molecule has 0 radical (unpaired) electrons. The van der Waals surface area contributed by atoms with Crippen LogP contribution in [0.5, 0.6) is 5.75 Å². The number of thioether (sulfide) groups is 1. The van der Waals surface area contributed by atoms with Crippen molar-refractivity contribution in [2.75, 3.05) is 0 Å². The Bertz CT molecular complexity index is 438. The maximum atomic E-state index is 11.2. The molecule has 2 rings (SSSR count). The third-order valence-corrected chi connectivity index (χ3v) is 3.64. The van der Waals surface area contributed by atoms with Gasteiger partial charge in [0, 0.05) is 16.9 Å². The molecule has 1 aliphatic rings. The van der Waals surface area contributed by atoms with E-state index in [1.807, 2.05) is 0 Å². The van der Waals surface area contributed by atoms with E-state index in [-0.39, 0.29) is 11.5 Å². The van der Waals surface area contributed by atoms with Crippen LogP contribution in [-0.4, -0.2) is 20.9 Å². The number of rotatable bonds is 1. The van der Waals surface area contributed by atoms with Gasteiger partial charge < -0.3 is 10.2 Å². The summed E-state index contributed by atoms with van der Waals surface area (Å²) < 4.78 is 0. The molecule has 0 bridgehead atoms. The van der Waals surface area contributed by atoms with Crippen LogP contribution in [-0.2, 0) is 6.42 Å². The lowest BCUT2D eigenvalue weighted by Crippen LogP contribution is -2.16. The first-order valence-electron chi connectivity index (χ1n) is 4.68. The molecule has 3 nitrogen and oxygen atoms in total. The number of phenolic OH excluding ortho intramolecular Hbond substituents is 1. The van der Waals surface area contributed by atoms with Crippen molar-refractivity contribution in [3.63, 3.8) is 0 Å². The Morgan fingerprint density at radius 1 is 1.53 bits per heavy atom. The SMILES string of the molecule is CC(=O)c1ccc2c(c1O)CC(C)(O)S2. The van der Waals surface area contributed by atoms with E-state index < -0.39 is 4.93 Å². The third kappa shape index (κ3) is 1.75. The lowest BCUT2D eigenvalue weighted by Gasteiger charge is -2.12. The van der Waals surface area contributed by atoms with Gasteiger partial charge in [0.05, 0.1) is 5.56 Å². The monoisotopic (exact) mass is 224 g/mol. The Labute approximate surface area is 92.1 Å². The van der Waals surface area contributed by atoms with Gasteiger partial charge in [-0.25, -0.2) is 0 Å². The molecule has 1 heterocycles. The minimum atomic E-state index is -0.880. The first-order chi connectivity index (χ1) is 6.91. The summed E-state index contributed by atoms with van der Waals surface area (Å²) in [5.41, 5.74) is 1.00. The summed E-state index contributed by atoms with van der Waals surface area (Å²) >= 11 is 1.31. The van der Waals surface area contributed by atoms with Crippen molar-refractivity contribution in [1.82, 2.24) is 0 Å². The van der Waals surface area contributed by atoms with Gasteiger partial charge in [0.1, 0.15) is 10.7 Å². The molecule has 0 saturated carbocycles. The van der Waals surface area contributed by atoms with Gasteiger partial charge in [-0.1, -0.05) is 11.8 Å². The normalized spacial score (nSPS) is 23.9. The summed E-state index contributed by atoms with van der Waals surface area (Å²) in [6.45, 7) is 3.12. The predicted molar refractivity (Wildman–Crippen MR) is 58.3 cm³/mol. The van der Waals surface area contributed by atoms with Crippen LogP contribution in [0.25, 0.3) is 0 Å². The van der Waals surface area contributed by atoms with E-state index >= 15 is 0 Å². The highest BCUT2D eigenvalue weighted by Crippen LogP contribution is 2.47. The van der Waals surface area contributed by atoms with Crippen molar-refractivity contribution in [2.45, 2.75) is 30.1 Å². The van der Waals surface area contributed by atoms with Gasteiger partial charge in [0.15, 0.2) is 5.78 Å². The average Bonchev–Trinajstić information content (AvgIpc) is 2.40. The number of benzene rings is 1. The van der Waals surface area contributed by atoms with Crippen molar-refractivity contribution < 1.29 is 15.0 Å². The molecule has 1 aliphatic heterocycles. The molecule has 0 aliphatic carbocycles. The molecule has 1 unspecified atom stereocenters. The van der Waals surface area contributed by atoms with Crippen molar-refractivity contribution in [3.05, 3.63) is 23.3 Å². The molecule has 1 aromatic carbocycles. The second-order valence-electron chi connectivity index (χ2n) is 3.95. The summed E-state index contributed by atoms with van der Waals surface area (Å²) in [5, 5.41) is 19.7. The Kier molecular flexibility index (Phi) is 2.28. The van der Waals surface area contributed by atoms with E-state index in [0.29, 0.717) is 17.5 Å². The Hall–Kier alpha value is -1.00. The van der Waals surface area contributed by atoms with Gasteiger partial charge in [-0.05, 0) is 26.0 Å². The quantitative estimate of drug-likeness (QED) is 0.716. The predicted octanol–water partition coefficient (Wildman–Crippen LogP) is 1.95. The minimum absolute atomic E-state index is 0.0188. The van der Waals surface area contributed by atoms with Crippen molar-refractivity contribution in [2.24, 2.45) is 0 Å². The molecule has 0 spiro atoms. The molecule has 1 atom stereocenters. The van der Waals surface area contributed by atoms with Crippen molar-refractivity contribution in [1.29, 1.82) is 0 Å². The number of aromatic hydroxyl groups is 1. The Morgan fingerprint density at radius 2 is 2.20 bits per heavy atom. The van der Waals surface area contributed by atoms with Gasteiger partial charge in [-0.2, -0.15) is 0 Å². The molecule has 0 aromatic heterocycles. The van der Waals surface area contributed by atoms with Crippen LogP contribution in [0.4, 0.5) is 0 Å². The number of hydrogen-bond acceptors (Lipinski definition) is 4.